The fourth-order valence-corrected chi connectivity index (χ4v) is 0.224. The van der Waals surface area contributed by atoms with Gasteiger partial charge in [0.2, 0.25) is 0 Å². The van der Waals surface area contributed by atoms with E-state index in [1.807, 2.05) is 0 Å². The molecule has 0 saturated carbocycles. The fourth-order valence-electron chi connectivity index (χ4n) is 0.0745. The van der Waals surface area contributed by atoms with E-state index in [0.29, 0.717) is 0 Å². The van der Waals surface area contributed by atoms with E-state index in [1.165, 1.54) is 0 Å². The van der Waals surface area contributed by atoms with E-state index in [-0.39, 0.29) is 0 Å². The first-order valence-corrected chi connectivity index (χ1v) is 3.40. The van der Waals surface area contributed by atoms with Gasteiger partial charge >= 0.3 is 0 Å². The summed E-state index contributed by atoms with van der Waals surface area (Å²) in [6.45, 7) is 0. The zero-order valence-electron chi connectivity index (χ0n) is 3.67. The predicted molar refractivity (Wildman–Crippen MR) is 30.1 cm³/mol. The van der Waals surface area contributed by atoms with E-state index in [0.717, 1.165) is 0 Å². The molecule has 0 saturated heterocycles. The lowest BCUT2D eigenvalue weighted by Gasteiger charge is -1.97. The normalized spacial score (nSPS) is 15.0. The Hall–Kier alpha value is 0.330. The average Bonchev–Trinajstić information content (AvgIpc) is 1.65. The molecule has 0 bridgehead atoms. The van der Waals surface area contributed by atoms with Crippen LogP contribution in [0.5, 0.6) is 0 Å². The van der Waals surface area contributed by atoms with Gasteiger partial charge in [-0.2, -0.15) is 0 Å². The number of rotatable bonds is 1. The summed E-state index contributed by atoms with van der Waals surface area (Å²) >= 11 is 4.58. The molecule has 0 aliphatic rings. The minimum absolute atomic E-state index is 0.576. The molecule has 0 aliphatic heterocycles. The standard InChI is InChI=1S/C2H6NOS2/c1-3-6(5)4-2/h1-2H3/q-1. The Bertz CT molecular complexity index is 93.7. The second-order valence-electron chi connectivity index (χ2n) is 0.566. The van der Waals surface area contributed by atoms with Crippen molar-refractivity contribution in [1.82, 2.24) is 0 Å². The summed E-state index contributed by atoms with van der Waals surface area (Å²) in [6, 6.07) is 0. The third kappa shape index (κ3) is 2.56. The van der Waals surface area contributed by atoms with Gasteiger partial charge in [-0.3, -0.25) is 0 Å². The molecule has 0 aromatic heterocycles. The van der Waals surface area contributed by atoms with Gasteiger partial charge in [-0.1, -0.05) is 0 Å². The van der Waals surface area contributed by atoms with Gasteiger partial charge in [-0.05, 0) is 0 Å². The van der Waals surface area contributed by atoms with Crippen LogP contribution in [-0.2, 0) is 24.9 Å². The maximum Gasteiger partial charge on any atom is 0.0124 e. The van der Waals surface area contributed by atoms with Crippen molar-refractivity contribution in [3.05, 3.63) is 0 Å². The first kappa shape index (κ1) is 6.33. The predicted octanol–water partition coefficient (Wildman–Crippen LogP) is 0.441. The highest BCUT2D eigenvalue weighted by atomic mass is 32.8. The molecule has 38 valence electrons. The van der Waals surface area contributed by atoms with E-state index in [1.54, 1.807) is 14.2 Å². The molecule has 0 atom stereocenters. The highest BCUT2D eigenvalue weighted by Gasteiger charge is 1.41. The monoisotopic (exact) mass is 124 g/mol. The van der Waals surface area contributed by atoms with Gasteiger partial charge in [-0.25, -0.2) is 20.7 Å². The minimum Gasteiger partial charge on any atom is -0.463 e. The Morgan fingerprint density at radius 3 is 2.33 bits per heavy atom. The van der Waals surface area contributed by atoms with Crippen LogP contribution in [0.3, 0.4) is 0 Å². The van der Waals surface area contributed by atoms with Crippen molar-refractivity contribution in [3.8, 4) is 0 Å². The summed E-state index contributed by atoms with van der Waals surface area (Å²) in [7, 11) is 2.61. The molecule has 0 aromatic rings. The summed E-state index contributed by atoms with van der Waals surface area (Å²) in [5.74, 6) is 0. The van der Waals surface area contributed by atoms with Gasteiger partial charge in [0.1, 0.15) is 0 Å². The summed E-state index contributed by atoms with van der Waals surface area (Å²) < 4.78 is 8.20. The molecule has 0 aliphatic carbocycles. The van der Waals surface area contributed by atoms with Crippen LogP contribution < -0.4 is 0 Å². The van der Waals surface area contributed by atoms with Crippen molar-refractivity contribution < 1.29 is 4.18 Å². The topological polar surface area (TPSA) is 21.6 Å². The number of hydrogen-bond donors (Lipinski definition) is 0. The van der Waals surface area contributed by atoms with Gasteiger partial charge in [0, 0.05) is 14.2 Å². The third-order valence-corrected chi connectivity index (χ3v) is 1.73. The molecule has 0 radical (unpaired) electrons. The number of hydrogen-bond acceptors (Lipinski definition) is 4. The first-order chi connectivity index (χ1) is 2.81. The Morgan fingerprint density at radius 2 is 2.33 bits per heavy atom. The summed E-state index contributed by atoms with van der Waals surface area (Å²) in [6.07, 6.45) is 0. The molecule has 4 heteroatoms. The van der Waals surface area contributed by atoms with Crippen molar-refractivity contribution in [2.24, 2.45) is 4.36 Å². The van der Waals surface area contributed by atoms with Gasteiger partial charge in [-0.15, -0.1) is 0 Å². The van der Waals surface area contributed by atoms with Crippen LogP contribution in [0.1, 0.15) is 0 Å². The van der Waals surface area contributed by atoms with E-state index in [4.69, 9.17) is 0 Å². The van der Waals surface area contributed by atoms with Gasteiger partial charge in [0.25, 0.3) is 0 Å². The van der Waals surface area contributed by atoms with E-state index in [9.17, 15) is 0 Å². The molecular weight excluding hydrogens is 118 g/mol. The zero-order valence-corrected chi connectivity index (χ0v) is 5.30. The Labute approximate surface area is 44.1 Å². The van der Waals surface area contributed by atoms with Gasteiger partial charge in [0.15, 0.2) is 0 Å². The van der Waals surface area contributed by atoms with Crippen molar-refractivity contribution in [3.63, 3.8) is 0 Å². The number of nitrogens with zero attached hydrogens (tertiary/aromatic N) is 1. The highest BCUT2D eigenvalue weighted by Crippen LogP contribution is 1.67. The minimum atomic E-state index is -0.576. The average molecular weight is 124 g/mol. The molecule has 0 aromatic carbocycles. The van der Waals surface area contributed by atoms with Crippen LogP contribution in [0.25, 0.3) is 0 Å². The van der Waals surface area contributed by atoms with Crippen LogP contribution >= 0.6 is 0 Å². The largest absolute Gasteiger partial charge is 0.463 e. The molecular formula is C2H6NOS2-. The van der Waals surface area contributed by atoms with E-state index in [2.05, 4.69) is 19.7 Å². The van der Waals surface area contributed by atoms with Crippen molar-refractivity contribution in [2.75, 3.05) is 14.2 Å². The van der Waals surface area contributed by atoms with Crippen LogP contribution in [0.15, 0.2) is 4.36 Å². The molecule has 0 unspecified atom stereocenters. The smallest absolute Gasteiger partial charge is 0.0124 e. The molecule has 0 amide bonds. The first-order valence-electron chi connectivity index (χ1n) is 1.37. The maximum absolute atomic E-state index is 4.58. The van der Waals surface area contributed by atoms with Crippen LogP contribution in [-0.4, -0.2) is 14.2 Å². The lowest BCUT2D eigenvalue weighted by atomic mass is 11.6. The molecule has 0 rings (SSSR count). The highest BCUT2D eigenvalue weighted by molar-refractivity contribution is 8.20. The van der Waals surface area contributed by atoms with Crippen LogP contribution in [0, 0.1) is 0 Å². The van der Waals surface area contributed by atoms with E-state index < -0.39 is 9.53 Å². The quantitative estimate of drug-likeness (QED) is 0.473. The molecule has 0 fully saturated rings. The van der Waals surface area contributed by atoms with Crippen molar-refractivity contribution >= 4 is 20.7 Å². The second kappa shape index (κ2) is 3.52. The maximum atomic E-state index is 4.58. The molecule has 2 nitrogen and oxygen atoms in total. The zero-order chi connectivity index (χ0) is 4.99. The Morgan fingerprint density at radius 1 is 1.83 bits per heavy atom. The SMILES string of the molecule is CN=[S-](=S)OC. The summed E-state index contributed by atoms with van der Waals surface area (Å²) in [4.78, 5) is 0. The second-order valence-corrected chi connectivity index (χ2v) is 2.55. The molecule has 6 heavy (non-hydrogen) atoms. The molecule has 0 spiro atoms. The lowest BCUT2D eigenvalue weighted by molar-refractivity contribution is 0.489. The van der Waals surface area contributed by atoms with Crippen LogP contribution in [0.2, 0.25) is 0 Å². The summed E-state index contributed by atoms with van der Waals surface area (Å²) in [5.41, 5.74) is 0. The van der Waals surface area contributed by atoms with Crippen molar-refractivity contribution in [2.45, 2.75) is 0 Å². The lowest BCUT2D eigenvalue weighted by Crippen LogP contribution is -1.71. The van der Waals surface area contributed by atoms with E-state index >= 15 is 0 Å². The molecule has 0 N–H and O–H groups in total. The van der Waals surface area contributed by atoms with Gasteiger partial charge < -0.3 is 8.55 Å². The Kier molecular flexibility index (Phi) is 3.71. The van der Waals surface area contributed by atoms with Crippen molar-refractivity contribution in [1.29, 1.82) is 0 Å². The van der Waals surface area contributed by atoms with Crippen LogP contribution in [0.4, 0.5) is 0 Å². The molecule has 0 heterocycles. The Balaban J connectivity index is 3.54. The fraction of sp³-hybridized carbons (Fsp3) is 1.00. The van der Waals surface area contributed by atoms with Gasteiger partial charge in [0.05, 0.1) is 0 Å². The third-order valence-electron chi connectivity index (χ3n) is 0.292. The summed E-state index contributed by atoms with van der Waals surface area (Å²) in [5, 5.41) is 0.